The molecule has 1 N–H and O–H groups in total. The van der Waals surface area contributed by atoms with Crippen molar-refractivity contribution in [1.82, 2.24) is 4.90 Å². The lowest BCUT2D eigenvalue weighted by molar-refractivity contribution is 0.0290. The molecule has 0 amide bonds. The van der Waals surface area contributed by atoms with Gasteiger partial charge in [-0.1, -0.05) is 0 Å². The van der Waals surface area contributed by atoms with Crippen molar-refractivity contribution in [3.63, 3.8) is 0 Å². The smallest absolute Gasteiger partial charge is 0.251 e. The summed E-state index contributed by atoms with van der Waals surface area (Å²) in [5.74, 6) is 0. The summed E-state index contributed by atoms with van der Waals surface area (Å²) in [6, 6.07) is 0. The maximum absolute atomic E-state index is 11.8. The molecule has 1 aliphatic rings. The van der Waals surface area contributed by atoms with Crippen molar-refractivity contribution in [3.8, 4) is 0 Å². The van der Waals surface area contributed by atoms with Crippen LogP contribution in [-0.2, 0) is 0 Å². The molecule has 0 aliphatic carbocycles. The van der Waals surface area contributed by atoms with E-state index in [1.807, 2.05) is 0 Å². The van der Waals surface area contributed by atoms with Crippen molar-refractivity contribution in [1.29, 1.82) is 0 Å². The van der Waals surface area contributed by atoms with Gasteiger partial charge >= 0.3 is 0 Å². The average molecular weight is 165 g/mol. The molecule has 0 saturated carbocycles. The number of nitrogens with zero attached hydrogens (tertiary/aromatic N) is 1. The van der Waals surface area contributed by atoms with E-state index in [0.717, 1.165) is 12.8 Å². The first-order valence-corrected chi connectivity index (χ1v) is 3.87. The Morgan fingerprint density at radius 3 is 2.82 bits per heavy atom. The normalized spacial score (nSPS) is 27.8. The molecule has 1 fully saturated rings. The summed E-state index contributed by atoms with van der Waals surface area (Å²) >= 11 is 0. The number of rotatable bonds is 2. The van der Waals surface area contributed by atoms with Crippen LogP contribution < -0.4 is 0 Å². The van der Waals surface area contributed by atoms with Crippen molar-refractivity contribution >= 4 is 0 Å². The highest BCUT2D eigenvalue weighted by Crippen LogP contribution is 2.10. The highest BCUT2D eigenvalue weighted by atomic mass is 19.3. The number of likely N-dealkylation sites (tertiary alicyclic amines) is 1. The molecule has 1 saturated heterocycles. The zero-order valence-electron chi connectivity index (χ0n) is 6.34. The minimum atomic E-state index is -2.28. The van der Waals surface area contributed by atoms with Gasteiger partial charge in [-0.25, -0.2) is 8.78 Å². The summed E-state index contributed by atoms with van der Waals surface area (Å²) in [4.78, 5) is 1.61. The number of hydrogen-bond acceptors (Lipinski definition) is 2. The summed E-state index contributed by atoms with van der Waals surface area (Å²) in [6.07, 6.45) is -1.10. The quantitative estimate of drug-likeness (QED) is 0.651. The SMILES string of the molecule is OC1CCCN(CC(F)F)C1. The van der Waals surface area contributed by atoms with Gasteiger partial charge in [0.15, 0.2) is 0 Å². The van der Waals surface area contributed by atoms with E-state index >= 15 is 0 Å². The number of hydrogen-bond donors (Lipinski definition) is 1. The first-order chi connectivity index (χ1) is 5.18. The largest absolute Gasteiger partial charge is 0.392 e. The Balaban J connectivity index is 2.23. The van der Waals surface area contributed by atoms with Crippen LogP contribution in [0.5, 0.6) is 0 Å². The standard InChI is InChI=1S/C7H13F2NO/c8-7(9)5-10-3-1-2-6(11)4-10/h6-7,11H,1-5H2. The molecule has 1 heterocycles. The van der Waals surface area contributed by atoms with E-state index in [4.69, 9.17) is 5.11 Å². The fraction of sp³-hybridized carbons (Fsp3) is 1.00. The molecule has 0 bridgehead atoms. The van der Waals surface area contributed by atoms with Gasteiger partial charge < -0.3 is 5.11 Å². The van der Waals surface area contributed by atoms with Gasteiger partial charge in [-0.15, -0.1) is 0 Å². The number of aliphatic hydroxyl groups is 1. The zero-order valence-corrected chi connectivity index (χ0v) is 6.34. The van der Waals surface area contributed by atoms with Gasteiger partial charge in [-0.2, -0.15) is 0 Å². The number of β-amino-alcohol motifs (C(OH)–C–C–N with tert-alkyl or cyclic N) is 1. The van der Waals surface area contributed by atoms with Crippen molar-refractivity contribution in [2.45, 2.75) is 25.4 Å². The van der Waals surface area contributed by atoms with Crippen LogP contribution in [0.3, 0.4) is 0 Å². The maximum atomic E-state index is 11.8. The summed E-state index contributed by atoms with van der Waals surface area (Å²) in [5, 5.41) is 9.11. The number of piperidine rings is 1. The molecule has 4 heteroatoms. The van der Waals surface area contributed by atoms with E-state index in [2.05, 4.69) is 0 Å². The lowest BCUT2D eigenvalue weighted by atomic mass is 10.1. The Kier molecular flexibility index (Phi) is 3.20. The molecule has 11 heavy (non-hydrogen) atoms. The second-order valence-electron chi connectivity index (χ2n) is 2.95. The molecule has 1 unspecified atom stereocenters. The summed E-state index contributed by atoms with van der Waals surface area (Å²) in [5.41, 5.74) is 0. The van der Waals surface area contributed by atoms with Gasteiger partial charge in [0.25, 0.3) is 6.43 Å². The molecular weight excluding hydrogens is 152 g/mol. The summed E-state index contributed by atoms with van der Waals surface area (Å²) in [7, 11) is 0. The van der Waals surface area contributed by atoms with Crippen LogP contribution >= 0.6 is 0 Å². The number of halogens is 2. The molecule has 2 nitrogen and oxygen atoms in total. The molecule has 1 rings (SSSR count). The van der Waals surface area contributed by atoms with Gasteiger partial charge in [0, 0.05) is 6.54 Å². The predicted octanol–water partition coefficient (Wildman–Crippen LogP) is 0.708. The monoisotopic (exact) mass is 165 g/mol. The van der Waals surface area contributed by atoms with Crippen molar-refractivity contribution in [2.24, 2.45) is 0 Å². The Bertz CT molecular complexity index is 119. The third-order valence-electron chi connectivity index (χ3n) is 1.88. The molecule has 0 aromatic rings. The van der Waals surface area contributed by atoms with Crippen LogP contribution in [-0.4, -0.2) is 42.2 Å². The minimum Gasteiger partial charge on any atom is -0.392 e. The lowest BCUT2D eigenvalue weighted by Crippen LogP contribution is -2.40. The lowest BCUT2D eigenvalue weighted by Gasteiger charge is -2.29. The average Bonchev–Trinajstić information content (AvgIpc) is 1.85. The molecule has 0 aromatic heterocycles. The van der Waals surface area contributed by atoms with E-state index in [1.54, 1.807) is 4.90 Å². The predicted molar refractivity (Wildman–Crippen MR) is 37.7 cm³/mol. The number of aliphatic hydroxyl groups excluding tert-OH is 1. The fourth-order valence-electron chi connectivity index (χ4n) is 1.39. The second-order valence-corrected chi connectivity index (χ2v) is 2.95. The minimum absolute atomic E-state index is 0.197. The van der Waals surface area contributed by atoms with Gasteiger partial charge in [-0.05, 0) is 19.4 Å². The van der Waals surface area contributed by atoms with Gasteiger partial charge in [0.1, 0.15) is 0 Å². The van der Waals surface area contributed by atoms with Crippen LogP contribution in [0, 0.1) is 0 Å². The van der Waals surface area contributed by atoms with Crippen LogP contribution in [0.4, 0.5) is 8.78 Å². The molecule has 0 aromatic carbocycles. The van der Waals surface area contributed by atoms with Crippen LogP contribution in [0.2, 0.25) is 0 Å². The van der Waals surface area contributed by atoms with Crippen molar-refractivity contribution in [3.05, 3.63) is 0 Å². The van der Waals surface area contributed by atoms with Gasteiger partial charge in [0.05, 0.1) is 12.6 Å². The second kappa shape index (κ2) is 3.97. The highest BCUT2D eigenvalue weighted by Gasteiger charge is 2.19. The van der Waals surface area contributed by atoms with E-state index in [1.165, 1.54) is 0 Å². The van der Waals surface area contributed by atoms with E-state index in [9.17, 15) is 8.78 Å². The Morgan fingerprint density at radius 2 is 2.27 bits per heavy atom. The molecular formula is C7H13F2NO. The topological polar surface area (TPSA) is 23.5 Å². The molecule has 0 radical (unpaired) electrons. The molecule has 1 atom stereocenters. The van der Waals surface area contributed by atoms with E-state index in [-0.39, 0.29) is 6.54 Å². The van der Waals surface area contributed by atoms with Gasteiger partial charge in [0.2, 0.25) is 0 Å². The Hall–Kier alpha value is -0.220. The first-order valence-electron chi connectivity index (χ1n) is 3.87. The maximum Gasteiger partial charge on any atom is 0.251 e. The third-order valence-corrected chi connectivity index (χ3v) is 1.88. The fourth-order valence-corrected chi connectivity index (χ4v) is 1.39. The van der Waals surface area contributed by atoms with Crippen molar-refractivity contribution in [2.75, 3.05) is 19.6 Å². The zero-order chi connectivity index (χ0) is 8.27. The van der Waals surface area contributed by atoms with E-state index < -0.39 is 12.5 Å². The summed E-state index contributed by atoms with van der Waals surface area (Å²) in [6.45, 7) is 0.906. The van der Waals surface area contributed by atoms with Crippen LogP contribution in [0.1, 0.15) is 12.8 Å². The van der Waals surface area contributed by atoms with E-state index in [0.29, 0.717) is 13.1 Å². The number of alkyl halides is 2. The Labute approximate surface area is 64.8 Å². The third kappa shape index (κ3) is 3.12. The Morgan fingerprint density at radius 1 is 1.55 bits per heavy atom. The van der Waals surface area contributed by atoms with Crippen LogP contribution in [0.25, 0.3) is 0 Å². The van der Waals surface area contributed by atoms with Crippen molar-refractivity contribution < 1.29 is 13.9 Å². The van der Waals surface area contributed by atoms with Gasteiger partial charge in [-0.3, -0.25) is 4.90 Å². The highest BCUT2D eigenvalue weighted by molar-refractivity contribution is 4.71. The molecule has 0 spiro atoms. The summed E-state index contributed by atoms with van der Waals surface area (Å²) < 4.78 is 23.6. The first kappa shape index (κ1) is 8.87. The van der Waals surface area contributed by atoms with Crippen LogP contribution in [0.15, 0.2) is 0 Å². The molecule has 1 aliphatic heterocycles. The molecule has 66 valence electrons.